The second kappa shape index (κ2) is 4.80. The molecule has 0 bridgehead atoms. The second-order valence-electron chi connectivity index (χ2n) is 3.55. The third-order valence-corrected chi connectivity index (χ3v) is 2.69. The molecule has 0 amide bonds. The van der Waals surface area contributed by atoms with E-state index in [1.807, 2.05) is 44.2 Å². The van der Waals surface area contributed by atoms with Crippen LogP contribution in [0.1, 0.15) is 31.7 Å². The van der Waals surface area contributed by atoms with Gasteiger partial charge in [0.05, 0.1) is 5.92 Å². The van der Waals surface area contributed by atoms with Crippen molar-refractivity contribution in [2.24, 2.45) is 5.92 Å². The number of aliphatic carboxylic acids is 1. The van der Waals surface area contributed by atoms with Crippen molar-refractivity contribution < 1.29 is 9.90 Å². The van der Waals surface area contributed by atoms with Gasteiger partial charge in [0.1, 0.15) is 0 Å². The lowest BCUT2D eigenvalue weighted by Crippen LogP contribution is -2.19. The largest absolute Gasteiger partial charge is 0.481 e. The Morgan fingerprint density at radius 1 is 1.36 bits per heavy atom. The molecule has 2 nitrogen and oxygen atoms in total. The van der Waals surface area contributed by atoms with Crippen LogP contribution in [-0.2, 0) is 4.79 Å². The molecule has 0 fully saturated rings. The first kappa shape index (κ1) is 10.8. The van der Waals surface area contributed by atoms with Crippen LogP contribution < -0.4 is 0 Å². The van der Waals surface area contributed by atoms with Gasteiger partial charge >= 0.3 is 5.97 Å². The van der Waals surface area contributed by atoms with Gasteiger partial charge in [-0.2, -0.15) is 0 Å². The fourth-order valence-corrected chi connectivity index (χ4v) is 1.73. The minimum atomic E-state index is -0.705. The minimum absolute atomic E-state index is 0.0821. The van der Waals surface area contributed by atoms with E-state index in [2.05, 4.69) is 0 Å². The molecule has 1 unspecified atom stereocenters. The molecule has 1 N–H and O–H groups in total. The van der Waals surface area contributed by atoms with Crippen LogP contribution in [0, 0.1) is 5.92 Å². The van der Waals surface area contributed by atoms with E-state index in [4.69, 9.17) is 5.11 Å². The van der Waals surface area contributed by atoms with Gasteiger partial charge in [0.25, 0.3) is 0 Å². The molecule has 1 rings (SSSR count). The summed E-state index contributed by atoms with van der Waals surface area (Å²) in [7, 11) is 0. The zero-order chi connectivity index (χ0) is 10.6. The van der Waals surface area contributed by atoms with Crippen molar-refractivity contribution in [1.29, 1.82) is 0 Å². The van der Waals surface area contributed by atoms with E-state index in [1.165, 1.54) is 0 Å². The van der Waals surface area contributed by atoms with Crippen molar-refractivity contribution in [1.82, 2.24) is 0 Å². The third-order valence-electron chi connectivity index (χ3n) is 2.69. The monoisotopic (exact) mass is 192 g/mol. The van der Waals surface area contributed by atoms with Crippen LogP contribution in [0.4, 0.5) is 0 Å². The van der Waals surface area contributed by atoms with E-state index < -0.39 is 5.97 Å². The molecule has 0 aliphatic heterocycles. The number of carboxylic acids is 1. The highest BCUT2D eigenvalue weighted by atomic mass is 16.4. The van der Waals surface area contributed by atoms with Crippen molar-refractivity contribution in [3.8, 4) is 0 Å². The first-order chi connectivity index (χ1) is 6.66. The highest BCUT2D eigenvalue weighted by Gasteiger charge is 2.23. The Morgan fingerprint density at radius 2 is 1.93 bits per heavy atom. The van der Waals surface area contributed by atoms with Crippen molar-refractivity contribution in [2.75, 3.05) is 0 Å². The number of rotatable bonds is 4. The highest BCUT2D eigenvalue weighted by Crippen LogP contribution is 2.26. The Bertz CT molecular complexity index is 292. The summed E-state index contributed by atoms with van der Waals surface area (Å²) < 4.78 is 0. The molecular weight excluding hydrogens is 176 g/mol. The maximum Gasteiger partial charge on any atom is 0.307 e. The van der Waals surface area contributed by atoms with Crippen molar-refractivity contribution in [3.63, 3.8) is 0 Å². The average Bonchev–Trinajstić information content (AvgIpc) is 2.19. The quantitative estimate of drug-likeness (QED) is 0.796. The standard InChI is InChI=1S/C12H16O2/c1-3-11(12(13)14)9(2)10-7-5-4-6-8-10/h4-9,11H,3H2,1-2H3,(H,13,14)/t9?,11-/m1/s1. The normalized spacial score (nSPS) is 14.7. The maximum absolute atomic E-state index is 10.9. The molecule has 0 heterocycles. The Labute approximate surface area is 84.6 Å². The molecule has 0 aliphatic rings. The van der Waals surface area contributed by atoms with Gasteiger partial charge in [-0.05, 0) is 17.9 Å². The summed E-state index contributed by atoms with van der Waals surface area (Å²) >= 11 is 0. The van der Waals surface area contributed by atoms with Crippen LogP contribution in [0.2, 0.25) is 0 Å². The molecule has 1 aromatic carbocycles. The SMILES string of the molecule is CC[C@@H](C(=O)O)C(C)c1ccccc1. The summed E-state index contributed by atoms with van der Waals surface area (Å²) in [6, 6.07) is 9.80. The van der Waals surface area contributed by atoms with Crippen LogP contribution in [0.15, 0.2) is 30.3 Å². The molecule has 1 aromatic rings. The van der Waals surface area contributed by atoms with Gasteiger partial charge in [0.15, 0.2) is 0 Å². The van der Waals surface area contributed by atoms with Gasteiger partial charge in [-0.3, -0.25) is 4.79 Å². The van der Waals surface area contributed by atoms with Crippen molar-refractivity contribution in [3.05, 3.63) is 35.9 Å². The minimum Gasteiger partial charge on any atom is -0.481 e. The van der Waals surface area contributed by atoms with E-state index in [1.54, 1.807) is 0 Å². The van der Waals surface area contributed by atoms with E-state index >= 15 is 0 Å². The topological polar surface area (TPSA) is 37.3 Å². The first-order valence-corrected chi connectivity index (χ1v) is 4.94. The lowest BCUT2D eigenvalue weighted by Gasteiger charge is -2.18. The summed E-state index contributed by atoms with van der Waals surface area (Å²) in [5.74, 6) is -0.903. The first-order valence-electron chi connectivity index (χ1n) is 4.94. The predicted molar refractivity (Wildman–Crippen MR) is 56.3 cm³/mol. The van der Waals surface area contributed by atoms with Crippen LogP contribution >= 0.6 is 0 Å². The number of benzene rings is 1. The molecule has 0 aromatic heterocycles. The van der Waals surface area contributed by atoms with E-state index in [-0.39, 0.29) is 11.8 Å². The molecule has 76 valence electrons. The number of carboxylic acid groups (broad SMARTS) is 1. The summed E-state index contributed by atoms with van der Waals surface area (Å²) in [4.78, 5) is 10.9. The highest BCUT2D eigenvalue weighted by molar-refractivity contribution is 5.71. The molecule has 0 saturated carbocycles. The number of hydrogen-bond donors (Lipinski definition) is 1. The van der Waals surface area contributed by atoms with E-state index in [9.17, 15) is 4.79 Å². The molecule has 2 heteroatoms. The predicted octanol–water partition coefficient (Wildman–Crippen LogP) is 2.90. The maximum atomic E-state index is 10.9. The zero-order valence-electron chi connectivity index (χ0n) is 8.60. The fraction of sp³-hybridized carbons (Fsp3) is 0.417. The molecule has 0 radical (unpaired) electrons. The van der Waals surface area contributed by atoms with Gasteiger partial charge in [0, 0.05) is 0 Å². The van der Waals surface area contributed by atoms with Gasteiger partial charge in [-0.1, -0.05) is 44.2 Å². The average molecular weight is 192 g/mol. The lowest BCUT2D eigenvalue weighted by atomic mass is 9.86. The van der Waals surface area contributed by atoms with E-state index in [0.29, 0.717) is 6.42 Å². The number of hydrogen-bond acceptors (Lipinski definition) is 1. The Kier molecular flexibility index (Phi) is 3.69. The van der Waals surface area contributed by atoms with Crippen LogP contribution in [0.25, 0.3) is 0 Å². The smallest absolute Gasteiger partial charge is 0.307 e. The molecule has 0 aliphatic carbocycles. The van der Waals surface area contributed by atoms with Crippen molar-refractivity contribution in [2.45, 2.75) is 26.2 Å². The second-order valence-corrected chi connectivity index (χ2v) is 3.55. The summed E-state index contributed by atoms with van der Waals surface area (Å²) in [6.45, 7) is 3.88. The summed E-state index contributed by atoms with van der Waals surface area (Å²) in [6.07, 6.45) is 0.672. The molecule has 2 atom stereocenters. The van der Waals surface area contributed by atoms with Crippen molar-refractivity contribution >= 4 is 5.97 Å². The summed E-state index contributed by atoms with van der Waals surface area (Å²) in [5, 5.41) is 9.00. The number of carbonyl (C=O) groups is 1. The molecule has 0 spiro atoms. The third kappa shape index (κ3) is 2.34. The van der Waals surface area contributed by atoms with Gasteiger partial charge in [-0.25, -0.2) is 0 Å². The Morgan fingerprint density at radius 3 is 2.36 bits per heavy atom. The van der Waals surface area contributed by atoms with Crippen LogP contribution in [0.5, 0.6) is 0 Å². The molecule has 0 saturated heterocycles. The lowest BCUT2D eigenvalue weighted by molar-refractivity contribution is -0.142. The zero-order valence-corrected chi connectivity index (χ0v) is 8.60. The van der Waals surface area contributed by atoms with Crippen LogP contribution in [-0.4, -0.2) is 11.1 Å². The Balaban J connectivity index is 2.83. The Hall–Kier alpha value is -1.31. The van der Waals surface area contributed by atoms with Gasteiger partial charge in [0.2, 0.25) is 0 Å². The summed E-state index contributed by atoms with van der Waals surface area (Å²) in [5.41, 5.74) is 1.10. The van der Waals surface area contributed by atoms with Gasteiger partial charge in [-0.15, -0.1) is 0 Å². The fourth-order valence-electron chi connectivity index (χ4n) is 1.73. The van der Waals surface area contributed by atoms with E-state index in [0.717, 1.165) is 5.56 Å². The molecule has 14 heavy (non-hydrogen) atoms. The van der Waals surface area contributed by atoms with Crippen LogP contribution in [0.3, 0.4) is 0 Å². The van der Waals surface area contributed by atoms with Gasteiger partial charge < -0.3 is 5.11 Å². The molecular formula is C12H16O2.